The molecule has 0 spiro atoms. The lowest BCUT2D eigenvalue weighted by atomic mass is 10.3. The summed E-state index contributed by atoms with van der Waals surface area (Å²) in [6.45, 7) is 0.470. The van der Waals surface area contributed by atoms with Gasteiger partial charge in [-0.15, -0.1) is 0 Å². The lowest BCUT2D eigenvalue weighted by molar-refractivity contribution is -0.115. The summed E-state index contributed by atoms with van der Waals surface area (Å²) in [5.41, 5.74) is 0.975. The van der Waals surface area contributed by atoms with E-state index >= 15 is 0 Å². The van der Waals surface area contributed by atoms with Crippen LogP contribution in [0.5, 0.6) is 0 Å². The first kappa shape index (κ1) is 12.8. The number of hydrogen-bond donors (Lipinski definition) is 1. The highest BCUT2D eigenvalue weighted by Gasteiger charge is 2.22. The minimum Gasteiger partial charge on any atom is -0.395 e. The number of amides is 1. The summed E-state index contributed by atoms with van der Waals surface area (Å²) in [6.07, 6.45) is 0. The van der Waals surface area contributed by atoms with Crippen LogP contribution in [0, 0.1) is 3.57 Å². The standard InChI is InChI=1S/C11H11IN2O2S/c12-8-3-1-2-4-9(8)14(5-6-15)11-13-10(16)7-17-11/h1-4,15H,5-7H2. The van der Waals surface area contributed by atoms with Gasteiger partial charge in [0, 0.05) is 10.1 Å². The number of amidine groups is 1. The fourth-order valence-electron chi connectivity index (χ4n) is 1.53. The van der Waals surface area contributed by atoms with E-state index in [1.807, 2.05) is 29.2 Å². The molecule has 90 valence electrons. The van der Waals surface area contributed by atoms with Crippen molar-refractivity contribution in [1.29, 1.82) is 0 Å². The molecule has 1 aromatic carbocycles. The van der Waals surface area contributed by atoms with Crippen molar-refractivity contribution in [3.63, 3.8) is 0 Å². The van der Waals surface area contributed by atoms with Gasteiger partial charge >= 0.3 is 0 Å². The van der Waals surface area contributed by atoms with Crippen molar-refractivity contribution >= 4 is 51.1 Å². The number of aliphatic hydroxyl groups is 1. The van der Waals surface area contributed by atoms with Crippen molar-refractivity contribution < 1.29 is 9.90 Å². The fraction of sp³-hybridized carbons (Fsp3) is 0.273. The second-order valence-corrected chi connectivity index (χ2v) is 5.51. The largest absolute Gasteiger partial charge is 0.395 e. The number of nitrogens with zero attached hydrogens (tertiary/aromatic N) is 2. The zero-order valence-corrected chi connectivity index (χ0v) is 11.9. The zero-order valence-electron chi connectivity index (χ0n) is 8.97. The molecule has 0 unspecified atom stereocenters. The molecule has 1 N–H and O–H groups in total. The van der Waals surface area contributed by atoms with Crippen molar-refractivity contribution in [3.8, 4) is 0 Å². The van der Waals surface area contributed by atoms with Crippen LogP contribution in [-0.4, -0.2) is 35.1 Å². The van der Waals surface area contributed by atoms with Crippen LogP contribution in [0.3, 0.4) is 0 Å². The van der Waals surface area contributed by atoms with Crippen LogP contribution in [0.4, 0.5) is 5.69 Å². The first-order chi connectivity index (χ1) is 8.22. The lowest BCUT2D eigenvalue weighted by Crippen LogP contribution is -2.31. The van der Waals surface area contributed by atoms with Crippen molar-refractivity contribution in [1.82, 2.24) is 0 Å². The highest BCUT2D eigenvalue weighted by Crippen LogP contribution is 2.27. The van der Waals surface area contributed by atoms with Gasteiger partial charge < -0.3 is 10.0 Å². The molecule has 0 saturated heterocycles. The number of halogens is 1. The average molecular weight is 362 g/mol. The maximum atomic E-state index is 11.2. The molecule has 0 aliphatic carbocycles. The van der Waals surface area contributed by atoms with Crippen LogP contribution in [0.25, 0.3) is 0 Å². The first-order valence-corrected chi connectivity index (χ1v) is 7.16. The summed E-state index contributed by atoms with van der Waals surface area (Å²) in [6, 6.07) is 7.84. The monoisotopic (exact) mass is 362 g/mol. The summed E-state index contributed by atoms with van der Waals surface area (Å²) in [7, 11) is 0. The molecule has 2 rings (SSSR count). The van der Waals surface area contributed by atoms with Crippen LogP contribution in [0.1, 0.15) is 0 Å². The minimum atomic E-state index is -0.112. The number of carbonyl (C=O) groups excluding carboxylic acids is 1. The number of carbonyl (C=O) groups is 1. The molecule has 6 heteroatoms. The molecule has 1 aliphatic heterocycles. The van der Waals surface area contributed by atoms with Gasteiger partial charge in [0.2, 0.25) is 0 Å². The number of anilines is 1. The van der Waals surface area contributed by atoms with Crippen molar-refractivity contribution in [2.75, 3.05) is 23.8 Å². The number of rotatable bonds is 3. The Morgan fingerprint density at radius 1 is 1.47 bits per heavy atom. The number of thioether (sulfide) groups is 1. The van der Waals surface area contributed by atoms with E-state index < -0.39 is 0 Å². The summed E-state index contributed by atoms with van der Waals surface area (Å²) in [5, 5.41) is 9.80. The molecule has 17 heavy (non-hydrogen) atoms. The first-order valence-electron chi connectivity index (χ1n) is 5.09. The van der Waals surface area contributed by atoms with E-state index in [0.29, 0.717) is 17.5 Å². The van der Waals surface area contributed by atoms with Crippen LogP contribution >= 0.6 is 34.4 Å². The second-order valence-electron chi connectivity index (χ2n) is 3.40. The lowest BCUT2D eigenvalue weighted by Gasteiger charge is -2.23. The highest BCUT2D eigenvalue weighted by atomic mass is 127. The molecule has 1 aromatic rings. The van der Waals surface area contributed by atoms with E-state index in [4.69, 9.17) is 5.11 Å². The predicted octanol–water partition coefficient (Wildman–Crippen LogP) is 1.72. The maximum Gasteiger partial charge on any atom is 0.258 e. The summed E-state index contributed by atoms with van der Waals surface area (Å²) >= 11 is 3.65. The maximum absolute atomic E-state index is 11.2. The third-order valence-corrected chi connectivity index (χ3v) is 4.12. The molecule has 1 aliphatic rings. The molecule has 1 heterocycles. The number of hydrogen-bond acceptors (Lipinski definition) is 4. The summed E-state index contributed by atoms with van der Waals surface area (Å²) < 4.78 is 1.07. The van der Waals surface area contributed by atoms with Gasteiger partial charge in [0.1, 0.15) is 0 Å². The van der Waals surface area contributed by atoms with Crippen LogP contribution in [-0.2, 0) is 4.79 Å². The third-order valence-electron chi connectivity index (χ3n) is 2.24. The SMILES string of the molecule is O=C1CSC(N(CCO)c2ccccc2I)=N1. The summed E-state index contributed by atoms with van der Waals surface area (Å²) in [5.74, 6) is 0.277. The Morgan fingerprint density at radius 2 is 2.24 bits per heavy atom. The van der Waals surface area contributed by atoms with Gasteiger partial charge in [-0.25, -0.2) is 0 Å². The van der Waals surface area contributed by atoms with Crippen molar-refractivity contribution in [3.05, 3.63) is 27.8 Å². The van der Waals surface area contributed by atoms with E-state index in [1.54, 1.807) is 0 Å². The van der Waals surface area contributed by atoms with Gasteiger partial charge in [0.05, 0.1) is 18.0 Å². The van der Waals surface area contributed by atoms with Gasteiger partial charge in [-0.3, -0.25) is 4.79 Å². The smallest absolute Gasteiger partial charge is 0.258 e. The van der Waals surface area contributed by atoms with E-state index in [1.165, 1.54) is 11.8 Å². The molecule has 0 bridgehead atoms. The van der Waals surface area contributed by atoms with Crippen molar-refractivity contribution in [2.45, 2.75) is 0 Å². The van der Waals surface area contributed by atoms with E-state index in [-0.39, 0.29) is 12.5 Å². The van der Waals surface area contributed by atoms with Crippen LogP contribution < -0.4 is 4.90 Å². The summed E-state index contributed by atoms with van der Waals surface area (Å²) in [4.78, 5) is 17.0. The molecule has 0 fully saturated rings. The Labute approximate surface area is 117 Å². The Bertz CT molecular complexity index is 465. The van der Waals surface area contributed by atoms with Crippen molar-refractivity contribution in [2.24, 2.45) is 4.99 Å². The van der Waals surface area contributed by atoms with Gasteiger partial charge in [0.25, 0.3) is 5.91 Å². The average Bonchev–Trinajstić information content (AvgIpc) is 2.74. The predicted molar refractivity (Wildman–Crippen MR) is 78.5 cm³/mol. The quantitative estimate of drug-likeness (QED) is 0.833. The minimum absolute atomic E-state index is 0.0265. The zero-order chi connectivity index (χ0) is 12.3. The van der Waals surface area contributed by atoms with Crippen LogP contribution in [0.2, 0.25) is 0 Å². The number of para-hydroxylation sites is 1. The topological polar surface area (TPSA) is 52.9 Å². The van der Waals surface area contributed by atoms with E-state index in [2.05, 4.69) is 27.6 Å². The van der Waals surface area contributed by atoms with Gasteiger partial charge in [0.15, 0.2) is 5.17 Å². The molecule has 4 nitrogen and oxygen atoms in total. The van der Waals surface area contributed by atoms with Crippen LogP contribution in [0.15, 0.2) is 29.3 Å². The molecular weight excluding hydrogens is 351 g/mol. The number of benzene rings is 1. The Morgan fingerprint density at radius 3 is 2.82 bits per heavy atom. The highest BCUT2D eigenvalue weighted by molar-refractivity contribution is 14.1. The Hall–Kier alpha value is -0.600. The van der Waals surface area contributed by atoms with Gasteiger partial charge in [-0.05, 0) is 34.7 Å². The molecule has 0 radical (unpaired) electrons. The molecule has 0 atom stereocenters. The molecular formula is C11H11IN2O2S. The third kappa shape index (κ3) is 2.99. The molecule has 1 amide bonds. The Kier molecular flexibility index (Phi) is 4.41. The number of aliphatic imine (C=N–C) groups is 1. The second kappa shape index (κ2) is 5.83. The number of aliphatic hydroxyl groups excluding tert-OH is 1. The van der Waals surface area contributed by atoms with Gasteiger partial charge in [-0.1, -0.05) is 23.9 Å². The normalized spacial score (nSPS) is 14.9. The fourth-order valence-corrected chi connectivity index (χ4v) is 3.03. The molecule has 0 aromatic heterocycles. The van der Waals surface area contributed by atoms with E-state index in [0.717, 1.165) is 9.26 Å². The molecule has 0 saturated carbocycles. The Balaban J connectivity index is 2.32. The van der Waals surface area contributed by atoms with E-state index in [9.17, 15) is 4.79 Å². The van der Waals surface area contributed by atoms with Gasteiger partial charge in [-0.2, -0.15) is 4.99 Å².